The molecule has 1 aromatic heterocycles. The molecule has 0 unspecified atom stereocenters. The van der Waals surface area contributed by atoms with Crippen molar-refractivity contribution in [2.75, 3.05) is 17.2 Å². The summed E-state index contributed by atoms with van der Waals surface area (Å²) in [7, 11) is 0. The van der Waals surface area contributed by atoms with E-state index in [2.05, 4.69) is 27.5 Å². The van der Waals surface area contributed by atoms with Crippen LogP contribution in [0, 0.1) is 18.6 Å². The number of nitrogens with zero attached hydrogens (tertiary/aromatic N) is 2. The predicted octanol–water partition coefficient (Wildman–Crippen LogP) is 3.63. The van der Waals surface area contributed by atoms with Crippen LogP contribution in [0.5, 0.6) is 0 Å². The summed E-state index contributed by atoms with van der Waals surface area (Å²) in [4.78, 5) is 8.22. The van der Waals surface area contributed by atoms with E-state index in [4.69, 9.17) is 0 Å². The summed E-state index contributed by atoms with van der Waals surface area (Å²) in [6.07, 6.45) is 2.37. The van der Waals surface area contributed by atoms with Crippen LogP contribution in [0.3, 0.4) is 0 Å². The van der Waals surface area contributed by atoms with Gasteiger partial charge in [-0.15, -0.1) is 0 Å². The van der Waals surface area contributed by atoms with Crippen molar-refractivity contribution in [2.45, 2.75) is 20.3 Å². The van der Waals surface area contributed by atoms with Crippen LogP contribution in [0.15, 0.2) is 24.5 Å². The quantitative estimate of drug-likeness (QED) is 0.877. The molecule has 0 aliphatic heterocycles. The fraction of sp³-hybridized carbons (Fsp3) is 0.286. The van der Waals surface area contributed by atoms with Gasteiger partial charge in [-0.3, -0.25) is 0 Å². The van der Waals surface area contributed by atoms with Gasteiger partial charge in [0.1, 0.15) is 29.6 Å². The summed E-state index contributed by atoms with van der Waals surface area (Å²) in [6.45, 7) is 4.68. The Morgan fingerprint density at radius 1 is 1.15 bits per heavy atom. The Labute approximate surface area is 116 Å². The van der Waals surface area contributed by atoms with Gasteiger partial charge in [0.2, 0.25) is 0 Å². The highest BCUT2D eigenvalue weighted by Gasteiger charge is 2.09. The van der Waals surface area contributed by atoms with Gasteiger partial charge in [-0.2, -0.15) is 0 Å². The van der Waals surface area contributed by atoms with E-state index in [0.717, 1.165) is 24.6 Å². The molecule has 106 valence electrons. The molecule has 2 N–H and O–H groups in total. The number of benzene rings is 1. The normalized spacial score (nSPS) is 10.4. The summed E-state index contributed by atoms with van der Waals surface area (Å²) in [5, 5.41) is 6.02. The van der Waals surface area contributed by atoms with Crippen LogP contribution in [-0.2, 0) is 0 Å². The largest absolute Gasteiger partial charge is 0.370 e. The van der Waals surface area contributed by atoms with E-state index >= 15 is 0 Å². The van der Waals surface area contributed by atoms with Crippen molar-refractivity contribution in [3.05, 3.63) is 41.7 Å². The average Bonchev–Trinajstić information content (AvgIpc) is 2.42. The summed E-state index contributed by atoms with van der Waals surface area (Å²) in [6, 6.07) is 3.36. The van der Waals surface area contributed by atoms with Gasteiger partial charge in [0, 0.05) is 18.2 Å². The molecule has 0 aliphatic carbocycles. The Morgan fingerprint density at radius 2 is 1.90 bits per heavy atom. The second-order valence-corrected chi connectivity index (χ2v) is 4.37. The molecule has 0 radical (unpaired) electrons. The smallest absolute Gasteiger partial charge is 0.149 e. The van der Waals surface area contributed by atoms with E-state index in [9.17, 15) is 8.78 Å². The van der Waals surface area contributed by atoms with Crippen LogP contribution in [0.25, 0.3) is 0 Å². The number of hydrogen-bond acceptors (Lipinski definition) is 4. The van der Waals surface area contributed by atoms with Crippen LogP contribution < -0.4 is 10.6 Å². The molecular formula is C14H16F2N4. The van der Waals surface area contributed by atoms with Gasteiger partial charge in [0.25, 0.3) is 0 Å². The van der Waals surface area contributed by atoms with Gasteiger partial charge in [-0.1, -0.05) is 6.92 Å². The predicted molar refractivity (Wildman–Crippen MR) is 75.2 cm³/mol. The zero-order valence-corrected chi connectivity index (χ0v) is 11.4. The van der Waals surface area contributed by atoms with Gasteiger partial charge in [0.05, 0.1) is 5.69 Å². The summed E-state index contributed by atoms with van der Waals surface area (Å²) in [5.74, 6) is -0.0835. The maximum atomic E-state index is 13.6. The first-order valence-corrected chi connectivity index (χ1v) is 6.39. The minimum atomic E-state index is -0.661. The molecule has 0 bridgehead atoms. The van der Waals surface area contributed by atoms with E-state index in [1.807, 2.05) is 6.92 Å². The molecule has 0 saturated heterocycles. The first kappa shape index (κ1) is 14.2. The number of aromatic nitrogens is 2. The highest BCUT2D eigenvalue weighted by molar-refractivity contribution is 5.64. The lowest BCUT2D eigenvalue weighted by Gasteiger charge is -2.12. The minimum absolute atomic E-state index is 0.176. The Morgan fingerprint density at radius 3 is 2.60 bits per heavy atom. The van der Waals surface area contributed by atoms with Gasteiger partial charge < -0.3 is 10.6 Å². The van der Waals surface area contributed by atoms with Gasteiger partial charge >= 0.3 is 0 Å². The Bertz CT molecular complexity index is 602. The van der Waals surface area contributed by atoms with Crippen molar-refractivity contribution in [1.82, 2.24) is 9.97 Å². The van der Waals surface area contributed by atoms with Crippen molar-refractivity contribution in [2.24, 2.45) is 0 Å². The molecule has 0 atom stereocenters. The second-order valence-electron chi connectivity index (χ2n) is 4.37. The number of nitrogens with one attached hydrogen (secondary N) is 2. The third kappa shape index (κ3) is 3.20. The SMILES string of the molecule is CCCNc1ncnc(Nc2ccc(F)cc2F)c1C. The third-order valence-electron chi connectivity index (χ3n) is 2.81. The molecule has 1 aromatic carbocycles. The van der Waals surface area contributed by atoms with E-state index in [1.165, 1.54) is 18.5 Å². The third-order valence-corrected chi connectivity index (χ3v) is 2.81. The van der Waals surface area contributed by atoms with E-state index in [-0.39, 0.29) is 5.69 Å². The van der Waals surface area contributed by atoms with Crippen LogP contribution in [0.1, 0.15) is 18.9 Å². The standard InChI is InChI=1S/C14H16F2N4/c1-3-6-17-13-9(2)14(19-8-18-13)20-12-5-4-10(15)7-11(12)16/h4-5,7-8H,3,6H2,1-2H3,(H2,17,18,19,20). The molecule has 0 aliphatic rings. The zero-order chi connectivity index (χ0) is 14.5. The van der Waals surface area contributed by atoms with E-state index in [1.54, 1.807) is 0 Å². The Balaban J connectivity index is 2.24. The fourth-order valence-electron chi connectivity index (χ4n) is 1.72. The van der Waals surface area contributed by atoms with Crippen molar-refractivity contribution >= 4 is 17.3 Å². The lowest BCUT2D eigenvalue weighted by Crippen LogP contribution is -2.07. The highest BCUT2D eigenvalue weighted by atomic mass is 19.1. The summed E-state index contributed by atoms with van der Waals surface area (Å²) >= 11 is 0. The molecule has 0 amide bonds. The Kier molecular flexibility index (Phi) is 4.45. The van der Waals surface area contributed by atoms with Crippen molar-refractivity contribution in [3.63, 3.8) is 0 Å². The van der Waals surface area contributed by atoms with Crippen LogP contribution in [0.4, 0.5) is 26.1 Å². The summed E-state index contributed by atoms with van der Waals surface area (Å²) < 4.78 is 26.5. The lowest BCUT2D eigenvalue weighted by molar-refractivity contribution is 0.586. The molecular weight excluding hydrogens is 262 g/mol. The summed E-state index contributed by atoms with van der Waals surface area (Å²) in [5.41, 5.74) is 0.958. The maximum absolute atomic E-state index is 13.6. The van der Waals surface area contributed by atoms with E-state index < -0.39 is 11.6 Å². The van der Waals surface area contributed by atoms with Crippen molar-refractivity contribution < 1.29 is 8.78 Å². The number of hydrogen-bond donors (Lipinski definition) is 2. The fourth-order valence-corrected chi connectivity index (χ4v) is 1.72. The molecule has 0 fully saturated rings. The molecule has 0 saturated carbocycles. The number of anilines is 3. The first-order chi connectivity index (χ1) is 9.61. The maximum Gasteiger partial charge on any atom is 0.149 e. The molecule has 2 aromatic rings. The molecule has 6 heteroatoms. The second kappa shape index (κ2) is 6.27. The Hall–Kier alpha value is -2.24. The topological polar surface area (TPSA) is 49.8 Å². The van der Waals surface area contributed by atoms with Crippen LogP contribution in [0.2, 0.25) is 0 Å². The molecule has 20 heavy (non-hydrogen) atoms. The van der Waals surface area contributed by atoms with Crippen molar-refractivity contribution in [1.29, 1.82) is 0 Å². The molecule has 2 rings (SSSR count). The van der Waals surface area contributed by atoms with Crippen LogP contribution in [-0.4, -0.2) is 16.5 Å². The van der Waals surface area contributed by atoms with Crippen molar-refractivity contribution in [3.8, 4) is 0 Å². The number of halogens is 2. The van der Waals surface area contributed by atoms with Gasteiger partial charge in [-0.25, -0.2) is 18.7 Å². The first-order valence-electron chi connectivity index (χ1n) is 6.39. The van der Waals surface area contributed by atoms with Crippen LogP contribution >= 0.6 is 0 Å². The highest BCUT2D eigenvalue weighted by Crippen LogP contribution is 2.24. The van der Waals surface area contributed by atoms with Gasteiger partial charge in [0.15, 0.2) is 0 Å². The molecule has 0 spiro atoms. The van der Waals surface area contributed by atoms with E-state index in [0.29, 0.717) is 11.6 Å². The molecule has 1 heterocycles. The number of rotatable bonds is 5. The zero-order valence-electron chi connectivity index (χ0n) is 11.4. The minimum Gasteiger partial charge on any atom is -0.370 e. The monoisotopic (exact) mass is 278 g/mol. The lowest BCUT2D eigenvalue weighted by atomic mass is 10.2. The van der Waals surface area contributed by atoms with Gasteiger partial charge in [-0.05, 0) is 25.5 Å². The average molecular weight is 278 g/mol. The molecule has 4 nitrogen and oxygen atoms in total.